The predicted molar refractivity (Wildman–Crippen MR) is 86.4 cm³/mol. The number of carbonyl (C=O) groups excluding carboxylic acids is 1. The van der Waals surface area contributed by atoms with Gasteiger partial charge in [0.1, 0.15) is 0 Å². The first-order chi connectivity index (χ1) is 9.86. The zero-order chi connectivity index (χ0) is 15.6. The third kappa shape index (κ3) is 3.90. The van der Waals surface area contributed by atoms with E-state index in [9.17, 15) is 9.90 Å². The topological polar surface area (TPSA) is 91.5 Å². The summed E-state index contributed by atoms with van der Waals surface area (Å²) in [5.41, 5.74) is 7.22. The standard InChI is InChI=1S/C14H20N4O2S/c1-8(19)7-18(3)9(2)13(20)17-14-16-11-5-4-10(15)6-12(11)21-14/h4-6,8-9,19H,7,15H2,1-3H3,(H,16,17,20). The molecule has 114 valence electrons. The molecular weight excluding hydrogens is 288 g/mol. The summed E-state index contributed by atoms with van der Waals surface area (Å²) < 4.78 is 0.940. The van der Waals surface area contributed by atoms with Crippen molar-refractivity contribution in [3.8, 4) is 0 Å². The molecule has 2 atom stereocenters. The van der Waals surface area contributed by atoms with Gasteiger partial charge in [0, 0.05) is 12.2 Å². The van der Waals surface area contributed by atoms with Crippen LogP contribution in [-0.2, 0) is 4.79 Å². The molecule has 0 aliphatic heterocycles. The fourth-order valence-corrected chi connectivity index (χ4v) is 2.90. The molecule has 1 amide bonds. The zero-order valence-electron chi connectivity index (χ0n) is 12.3. The number of fused-ring (bicyclic) bond motifs is 1. The molecule has 0 spiro atoms. The lowest BCUT2D eigenvalue weighted by Gasteiger charge is -2.24. The van der Waals surface area contributed by atoms with Crippen LogP contribution in [-0.4, -0.2) is 46.6 Å². The molecule has 2 rings (SSSR count). The van der Waals surface area contributed by atoms with Gasteiger partial charge in [-0.1, -0.05) is 11.3 Å². The lowest BCUT2D eigenvalue weighted by atomic mass is 10.2. The Morgan fingerprint density at radius 1 is 1.52 bits per heavy atom. The van der Waals surface area contributed by atoms with Gasteiger partial charge in [0.25, 0.3) is 0 Å². The summed E-state index contributed by atoms with van der Waals surface area (Å²) in [5, 5.41) is 12.7. The SMILES string of the molecule is CC(O)CN(C)C(C)C(=O)Nc1nc2ccc(N)cc2s1. The minimum absolute atomic E-state index is 0.148. The maximum absolute atomic E-state index is 12.2. The highest BCUT2D eigenvalue weighted by atomic mass is 32.1. The molecule has 1 aromatic carbocycles. The van der Waals surface area contributed by atoms with Gasteiger partial charge in [0.2, 0.25) is 5.91 Å². The maximum atomic E-state index is 12.2. The highest BCUT2D eigenvalue weighted by Crippen LogP contribution is 2.27. The third-order valence-electron chi connectivity index (χ3n) is 3.24. The predicted octanol–water partition coefficient (Wildman–Crippen LogP) is 1.52. The summed E-state index contributed by atoms with van der Waals surface area (Å²) in [4.78, 5) is 18.3. The van der Waals surface area contributed by atoms with Gasteiger partial charge in [-0.15, -0.1) is 0 Å². The number of nitrogens with two attached hydrogens (primary N) is 1. The number of nitrogen functional groups attached to an aromatic ring is 1. The van der Waals surface area contributed by atoms with Crippen LogP contribution in [0.15, 0.2) is 18.2 Å². The number of aromatic nitrogens is 1. The number of thiazole rings is 1. The molecule has 21 heavy (non-hydrogen) atoms. The molecule has 0 aliphatic rings. The molecule has 1 aromatic heterocycles. The van der Waals surface area contributed by atoms with Crippen LogP contribution in [0.4, 0.5) is 10.8 Å². The van der Waals surface area contributed by atoms with Gasteiger partial charge in [0.05, 0.1) is 22.4 Å². The average molecular weight is 308 g/mol. The molecule has 0 saturated heterocycles. The second kappa shape index (κ2) is 6.38. The Kier molecular flexibility index (Phi) is 4.76. The van der Waals surface area contributed by atoms with Gasteiger partial charge in [-0.3, -0.25) is 9.69 Å². The van der Waals surface area contributed by atoms with E-state index in [1.54, 1.807) is 31.9 Å². The van der Waals surface area contributed by atoms with Crippen molar-refractivity contribution in [2.75, 3.05) is 24.6 Å². The highest BCUT2D eigenvalue weighted by molar-refractivity contribution is 7.22. The third-order valence-corrected chi connectivity index (χ3v) is 4.17. The number of amides is 1. The van der Waals surface area contributed by atoms with E-state index in [2.05, 4.69) is 10.3 Å². The largest absolute Gasteiger partial charge is 0.399 e. The van der Waals surface area contributed by atoms with E-state index in [1.165, 1.54) is 11.3 Å². The molecule has 0 bridgehead atoms. The first-order valence-electron chi connectivity index (χ1n) is 6.72. The van der Waals surface area contributed by atoms with Gasteiger partial charge in [0.15, 0.2) is 5.13 Å². The number of benzene rings is 1. The summed E-state index contributed by atoms with van der Waals surface area (Å²) in [7, 11) is 1.80. The summed E-state index contributed by atoms with van der Waals surface area (Å²) in [6.45, 7) is 3.92. The Morgan fingerprint density at radius 2 is 2.24 bits per heavy atom. The Balaban J connectivity index is 2.07. The molecule has 1 heterocycles. The number of nitrogens with one attached hydrogen (secondary N) is 1. The van der Waals surface area contributed by atoms with E-state index in [4.69, 9.17) is 5.73 Å². The highest BCUT2D eigenvalue weighted by Gasteiger charge is 2.20. The van der Waals surface area contributed by atoms with E-state index >= 15 is 0 Å². The van der Waals surface area contributed by atoms with Crippen LogP contribution in [0.2, 0.25) is 0 Å². The Hall–Kier alpha value is -1.70. The summed E-state index contributed by atoms with van der Waals surface area (Å²) in [6.07, 6.45) is -0.476. The number of carbonyl (C=O) groups is 1. The molecule has 0 aliphatic carbocycles. The lowest BCUT2D eigenvalue weighted by molar-refractivity contribution is -0.120. The van der Waals surface area contributed by atoms with Crippen molar-refractivity contribution in [3.05, 3.63) is 18.2 Å². The first-order valence-corrected chi connectivity index (χ1v) is 7.53. The van der Waals surface area contributed by atoms with Crippen LogP contribution in [0.25, 0.3) is 10.2 Å². The van der Waals surface area contributed by atoms with Gasteiger partial charge in [-0.25, -0.2) is 4.98 Å². The van der Waals surface area contributed by atoms with Crippen LogP contribution in [0.5, 0.6) is 0 Å². The van der Waals surface area contributed by atoms with Crippen molar-refractivity contribution >= 4 is 38.3 Å². The molecule has 6 nitrogen and oxygen atoms in total. The number of likely N-dealkylation sites (N-methyl/N-ethyl adjacent to an activating group) is 1. The Bertz CT molecular complexity index is 641. The van der Waals surface area contributed by atoms with Crippen LogP contribution in [0, 0.1) is 0 Å². The molecule has 2 aromatic rings. The van der Waals surface area contributed by atoms with Crippen LogP contribution < -0.4 is 11.1 Å². The molecule has 4 N–H and O–H groups in total. The van der Waals surface area contributed by atoms with Crippen molar-refractivity contribution in [1.82, 2.24) is 9.88 Å². The maximum Gasteiger partial charge on any atom is 0.243 e. The number of aliphatic hydroxyl groups excluding tert-OH is 1. The minimum Gasteiger partial charge on any atom is -0.399 e. The van der Waals surface area contributed by atoms with E-state index < -0.39 is 6.10 Å². The molecular formula is C14H20N4O2S. The number of nitrogens with zero attached hydrogens (tertiary/aromatic N) is 2. The fourth-order valence-electron chi connectivity index (χ4n) is 1.98. The molecule has 0 fully saturated rings. The van der Waals surface area contributed by atoms with Crippen molar-refractivity contribution in [2.45, 2.75) is 26.0 Å². The zero-order valence-corrected chi connectivity index (χ0v) is 13.1. The molecule has 0 saturated carbocycles. The quantitative estimate of drug-likeness (QED) is 0.728. The van der Waals surface area contributed by atoms with Crippen molar-refractivity contribution in [2.24, 2.45) is 0 Å². The second-order valence-corrected chi connectivity index (χ2v) is 6.23. The van der Waals surface area contributed by atoms with Gasteiger partial charge in [-0.05, 0) is 39.1 Å². The number of hydrogen-bond acceptors (Lipinski definition) is 6. The summed E-state index contributed by atoms with van der Waals surface area (Å²) in [6, 6.07) is 5.11. The van der Waals surface area contributed by atoms with Gasteiger partial charge >= 0.3 is 0 Å². The van der Waals surface area contributed by atoms with Gasteiger partial charge in [-0.2, -0.15) is 0 Å². The van der Waals surface area contributed by atoms with E-state index in [0.717, 1.165) is 10.2 Å². The average Bonchev–Trinajstić information content (AvgIpc) is 2.78. The lowest BCUT2D eigenvalue weighted by Crippen LogP contribution is -2.42. The van der Waals surface area contributed by atoms with E-state index in [-0.39, 0.29) is 11.9 Å². The summed E-state index contributed by atoms with van der Waals surface area (Å²) >= 11 is 1.39. The van der Waals surface area contributed by atoms with Gasteiger partial charge < -0.3 is 16.2 Å². The van der Waals surface area contributed by atoms with E-state index in [0.29, 0.717) is 17.4 Å². The van der Waals surface area contributed by atoms with Crippen LogP contribution in [0.1, 0.15) is 13.8 Å². The van der Waals surface area contributed by atoms with Crippen molar-refractivity contribution in [3.63, 3.8) is 0 Å². The van der Waals surface area contributed by atoms with E-state index in [1.807, 2.05) is 12.1 Å². The van der Waals surface area contributed by atoms with Crippen molar-refractivity contribution < 1.29 is 9.90 Å². The second-order valence-electron chi connectivity index (χ2n) is 5.20. The monoisotopic (exact) mass is 308 g/mol. The smallest absolute Gasteiger partial charge is 0.243 e. The van der Waals surface area contributed by atoms with Crippen LogP contribution >= 0.6 is 11.3 Å². The fraction of sp³-hybridized carbons (Fsp3) is 0.429. The normalized spacial score (nSPS) is 14.3. The Labute approximate surface area is 127 Å². The Morgan fingerprint density at radius 3 is 2.90 bits per heavy atom. The van der Waals surface area contributed by atoms with Crippen LogP contribution in [0.3, 0.4) is 0 Å². The number of hydrogen-bond donors (Lipinski definition) is 3. The van der Waals surface area contributed by atoms with Crippen molar-refractivity contribution in [1.29, 1.82) is 0 Å². The number of rotatable bonds is 5. The first kappa shape index (κ1) is 15.7. The number of anilines is 2. The summed E-state index contributed by atoms with van der Waals surface area (Å²) in [5.74, 6) is -0.148. The molecule has 7 heteroatoms. The minimum atomic E-state index is -0.476. The molecule has 2 unspecified atom stereocenters. The molecule has 0 radical (unpaired) electrons. The number of aliphatic hydroxyl groups is 1.